The number of carbonyl (C=O) groups excluding carboxylic acids is 2. The average molecular weight is 522 g/mol. The predicted molar refractivity (Wildman–Crippen MR) is 144 cm³/mol. The number of ether oxygens (including phenoxy) is 1. The highest BCUT2D eigenvalue weighted by Crippen LogP contribution is 2.44. The fourth-order valence-electron chi connectivity index (χ4n) is 5.78. The maximum atomic E-state index is 13.9. The summed E-state index contributed by atoms with van der Waals surface area (Å²) in [5.41, 5.74) is 1.39. The third-order valence-corrected chi connectivity index (χ3v) is 8.51. The summed E-state index contributed by atoms with van der Waals surface area (Å²) in [5.74, 6) is 0.352. The molecule has 1 saturated carbocycles. The summed E-state index contributed by atoms with van der Waals surface area (Å²) in [7, 11) is 1.63. The summed E-state index contributed by atoms with van der Waals surface area (Å²) >= 11 is 1.58. The second-order valence-electron chi connectivity index (χ2n) is 9.80. The molecule has 2 aliphatic rings. The van der Waals surface area contributed by atoms with E-state index in [0.29, 0.717) is 31.3 Å². The molecule has 1 aliphatic carbocycles. The molecule has 5 rings (SSSR count). The lowest BCUT2D eigenvalue weighted by Crippen LogP contribution is -2.49. The zero-order chi connectivity index (χ0) is 25.6. The summed E-state index contributed by atoms with van der Waals surface area (Å²) in [6.07, 6.45) is 6.58. The van der Waals surface area contributed by atoms with E-state index >= 15 is 0 Å². The van der Waals surface area contributed by atoms with Crippen molar-refractivity contribution < 1.29 is 18.7 Å². The fraction of sp³-hybridized carbons (Fsp3) is 0.448. The number of nitrogens with one attached hydrogen (secondary N) is 1. The lowest BCUT2D eigenvalue weighted by atomic mass is 9.81. The van der Waals surface area contributed by atoms with Gasteiger partial charge in [-0.25, -0.2) is 0 Å². The Hall–Kier alpha value is -2.94. The highest BCUT2D eigenvalue weighted by Gasteiger charge is 2.44. The summed E-state index contributed by atoms with van der Waals surface area (Å²) < 4.78 is 10.9. The van der Waals surface area contributed by atoms with Gasteiger partial charge in [-0.3, -0.25) is 14.5 Å². The van der Waals surface area contributed by atoms with Crippen LogP contribution in [0.2, 0.25) is 0 Å². The molecule has 1 aromatic carbocycles. The summed E-state index contributed by atoms with van der Waals surface area (Å²) in [6.45, 7) is 2.87. The Labute approximate surface area is 222 Å². The van der Waals surface area contributed by atoms with E-state index in [2.05, 4.69) is 10.2 Å². The number of carbonyl (C=O) groups is 2. The standard InChI is InChI=1S/C29H35N3O4S/c1-35-18-16-32-27(25-13-7-19-37-25)26(23-11-4-5-12-24(23)29(32)34)28(33)30-14-15-31(21-8-2-3-9-21)20-22-10-6-17-36-22/h4-7,10-13,17,19,21,26-27H,2-3,8-9,14-16,18,20H2,1H3,(H,30,33)/t26-,27-/m1/s1. The van der Waals surface area contributed by atoms with Crippen molar-refractivity contribution in [3.8, 4) is 0 Å². The van der Waals surface area contributed by atoms with Crippen LogP contribution in [0, 0.1) is 0 Å². The molecule has 7 nitrogen and oxygen atoms in total. The van der Waals surface area contributed by atoms with Gasteiger partial charge in [0.25, 0.3) is 5.91 Å². The molecule has 0 saturated heterocycles. The maximum absolute atomic E-state index is 13.9. The first-order valence-electron chi connectivity index (χ1n) is 13.1. The van der Waals surface area contributed by atoms with Crippen molar-refractivity contribution >= 4 is 23.2 Å². The van der Waals surface area contributed by atoms with Gasteiger partial charge in [-0.05, 0) is 48.1 Å². The SMILES string of the molecule is COCCN1C(=O)c2ccccc2[C@@H](C(=O)NCCN(Cc2ccco2)C2CCCC2)[C@H]1c1cccs1. The highest BCUT2D eigenvalue weighted by atomic mass is 32.1. The number of nitrogens with zero attached hydrogens (tertiary/aromatic N) is 2. The van der Waals surface area contributed by atoms with E-state index in [1.54, 1.807) is 24.7 Å². The predicted octanol–water partition coefficient (Wildman–Crippen LogP) is 4.83. The van der Waals surface area contributed by atoms with Gasteiger partial charge in [-0.1, -0.05) is 37.1 Å². The molecule has 8 heteroatoms. The van der Waals surface area contributed by atoms with Crippen LogP contribution in [0.25, 0.3) is 0 Å². The Morgan fingerprint density at radius 1 is 1.16 bits per heavy atom. The number of methoxy groups -OCH3 is 1. The molecule has 1 N–H and O–H groups in total. The number of hydrogen-bond acceptors (Lipinski definition) is 6. The number of fused-ring (bicyclic) bond motifs is 1. The third kappa shape index (κ3) is 5.66. The van der Waals surface area contributed by atoms with Crippen LogP contribution in [0.4, 0.5) is 0 Å². The molecule has 3 heterocycles. The molecule has 0 radical (unpaired) electrons. The molecule has 0 bridgehead atoms. The van der Waals surface area contributed by atoms with E-state index in [0.717, 1.165) is 29.3 Å². The number of rotatable bonds is 11. The van der Waals surface area contributed by atoms with Crippen LogP contribution in [-0.4, -0.2) is 61.0 Å². The first-order chi connectivity index (χ1) is 18.2. The Morgan fingerprint density at radius 3 is 2.73 bits per heavy atom. The van der Waals surface area contributed by atoms with Crippen LogP contribution in [-0.2, 0) is 16.1 Å². The minimum atomic E-state index is -0.491. The molecule has 1 fully saturated rings. The second kappa shape index (κ2) is 12.1. The molecule has 2 atom stereocenters. The van der Waals surface area contributed by atoms with Gasteiger partial charge in [-0.15, -0.1) is 11.3 Å². The van der Waals surface area contributed by atoms with E-state index in [1.165, 1.54) is 25.7 Å². The van der Waals surface area contributed by atoms with Gasteiger partial charge in [0.1, 0.15) is 5.76 Å². The maximum Gasteiger partial charge on any atom is 0.254 e. The van der Waals surface area contributed by atoms with Crippen molar-refractivity contribution in [3.63, 3.8) is 0 Å². The molecule has 2 aromatic heterocycles. The average Bonchev–Trinajstić information content (AvgIpc) is 3.71. The lowest BCUT2D eigenvalue weighted by molar-refractivity contribution is -0.124. The van der Waals surface area contributed by atoms with Crippen LogP contribution in [0.1, 0.15) is 64.2 Å². The third-order valence-electron chi connectivity index (χ3n) is 7.57. The Kier molecular flexibility index (Phi) is 8.38. The largest absolute Gasteiger partial charge is 0.468 e. The first kappa shape index (κ1) is 25.7. The summed E-state index contributed by atoms with van der Waals surface area (Å²) in [4.78, 5) is 32.7. The monoisotopic (exact) mass is 521 g/mol. The summed E-state index contributed by atoms with van der Waals surface area (Å²) in [6, 6.07) is 15.6. The molecule has 2 amide bonds. The smallest absolute Gasteiger partial charge is 0.254 e. The van der Waals surface area contributed by atoms with Gasteiger partial charge in [0.2, 0.25) is 5.91 Å². The van der Waals surface area contributed by atoms with E-state index in [-0.39, 0.29) is 17.9 Å². The number of benzene rings is 1. The quantitative estimate of drug-likeness (QED) is 0.391. The van der Waals surface area contributed by atoms with Crippen LogP contribution in [0.3, 0.4) is 0 Å². The van der Waals surface area contributed by atoms with Crippen molar-refractivity contribution in [2.75, 3.05) is 33.4 Å². The molecule has 0 unspecified atom stereocenters. The topological polar surface area (TPSA) is 75.0 Å². The molecule has 37 heavy (non-hydrogen) atoms. The zero-order valence-electron chi connectivity index (χ0n) is 21.3. The minimum absolute atomic E-state index is 0.0508. The molecular weight excluding hydrogens is 486 g/mol. The Bertz CT molecular complexity index is 1160. The number of amides is 2. The van der Waals surface area contributed by atoms with E-state index in [9.17, 15) is 9.59 Å². The normalized spacial score (nSPS) is 19.9. The van der Waals surface area contributed by atoms with Crippen LogP contribution in [0.15, 0.2) is 64.6 Å². The van der Waals surface area contributed by atoms with E-state index in [4.69, 9.17) is 9.15 Å². The highest BCUT2D eigenvalue weighted by molar-refractivity contribution is 7.10. The lowest BCUT2D eigenvalue weighted by Gasteiger charge is -2.41. The van der Waals surface area contributed by atoms with Crippen molar-refractivity contribution in [3.05, 3.63) is 81.9 Å². The number of hydrogen-bond donors (Lipinski definition) is 1. The zero-order valence-corrected chi connectivity index (χ0v) is 22.1. The summed E-state index contributed by atoms with van der Waals surface area (Å²) in [5, 5.41) is 5.23. The van der Waals surface area contributed by atoms with Gasteiger partial charge in [0.15, 0.2) is 0 Å². The minimum Gasteiger partial charge on any atom is -0.468 e. The van der Waals surface area contributed by atoms with E-state index < -0.39 is 5.92 Å². The van der Waals surface area contributed by atoms with Gasteiger partial charge >= 0.3 is 0 Å². The van der Waals surface area contributed by atoms with Crippen LogP contribution in [0.5, 0.6) is 0 Å². The van der Waals surface area contributed by atoms with Crippen LogP contribution >= 0.6 is 11.3 Å². The van der Waals surface area contributed by atoms with Crippen molar-refractivity contribution in [1.82, 2.24) is 15.1 Å². The van der Waals surface area contributed by atoms with Crippen molar-refractivity contribution in [1.29, 1.82) is 0 Å². The molecular formula is C29H35N3O4S. The van der Waals surface area contributed by atoms with Gasteiger partial charge in [0.05, 0.1) is 31.4 Å². The fourth-order valence-corrected chi connectivity index (χ4v) is 6.66. The molecule has 196 valence electrons. The van der Waals surface area contributed by atoms with Gasteiger partial charge in [-0.2, -0.15) is 0 Å². The van der Waals surface area contributed by atoms with Crippen LogP contribution < -0.4 is 5.32 Å². The van der Waals surface area contributed by atoms with Gasteiger partial charge in [0, 0.05) is 43.2 Å². The first-order valence-corrected chi connectivity index (χ1v) is 14.0. The van der Waals surface area contributed by atoms with Gasteiger partial charge < -0.3 is 19.4 Å². The molecule has 1 aliphatic heterocycles. The number of thiophene rings is 1. The molecule has 0 spiro atoms. The molecule has 3 aromatic rings. The van der Waals surface area contributed by atoms with E-state index in [1.807, 2.05) is 58.8 Å². The second-order valence-corrected chi connectivity index (χ2v) is 10.8. The Balaban J connectivity index is 1.36. The van der Waals surface area contributed by atoms with Crippen molar-refractivity contribution in [2.24, 2.45) is 0 Å². The Morgan fingerprint density at radius 2 is 2.00 bits per heavy atom. The number of furan rings is 1. The van der Waals surface area contributed by atoms with Crippen molar-refractivity contribution in [2.45, 2.75) is 50.2 Å².